The molecule has 0 unspecified atom stereocenters. The van der Waals surface area contributed by atoms with E-state index >= 15 is 0 Å². The van der Waals surface area contributed by atoms with E-state index in [1.807, 2.05) is 41.6 Å². The molecule has 138 valence electrons. The molecular weight excluding hydrogens is 348 g/mol. The largest absolute Gasteiger partial charge is 0.375 e. The maximum absolute atomic E-state index is 12.8. The van der Waals surface area contributed by atoms with Gasteiger partial charge in [0, 0.05) is 25.3 Å². The van der Waals surface area contributed by atoms with E-state index in [4.69, 9.17) is 10.5 Å². The summed E-state index contributed by atoms with van der Waals surface area (Å²) in [6.45, 7) is 4.80. The van der Waals surface area contributed by atoms with Crippen molar-refractivity contribution in [2.45, 2.75) is 38.3 Å². The molecule has 2 aromatic rings. The van der Waals surface area contributed by atoms with Crippen LogP contribution in [-0.4, -0.2) is 42.0 Å². The second kappa shape index (κ2) is 7.21. The number of primary amides is 1. The van der Waals surface area contributed by atoms with Gasteiger partial charge in [-0.25, -0.2) is 0 Å². The number of hydrogen-bond donors (Lipinski definition) is 1. The normalized spacial score (nSPS) is 19.1. The molecule has 0 saturated carbocycles. The van der Waals surface area contributed by atoms with Crippen LogP contribution in [0.1, 0.15) is 46.7 Å². The molecule has 0 spiro atoms. The third-order valence-electron chi connectivity index (χ3n) is 4.85. The number of thiophene rings is 1. The second-order valence-corrected chi connectivity index (χ2v) is 8.22. The van der Waals surface area contributed by atoms with E-state index in [1.165, 1.54) is 11.3 Å². The van der Waals surface area contributed by atoms with Gasteiger partial charge >= 0.3 is 0 Å². The smallest absolute Gasteiger partial charge is 0.258 e. The Labute approximate surface area is 157 Å². The SMILES string of the molecule is CN(C(=O)c1ccc(-c2csc(C(N)=O)c2)cc1)[C@H]1CCOC(C)(C)C1. The van der Waals surface area contributed by atoms with E-state index < -0.39 is 5.91 Å². The highest BCUT2D eigenvalue weighted by atomic mass is 32.1. The second-order valence-electron chi connectivity index (χ2n) is 7.31. The number of amides is 2. The number of hydrogen-bond acceptors (Lipinski definition) is 4. The number of carbonyl (C=O) groups excluding carboxylic acids is 2. The van der Waals surface area contributed by atoms with Crippen LogP contribution in [0.15, 0.2) is 35.7 Å². The number of ether oxygens (including phenoxy) is 1. The lowest BCUT2D eigenvalue weighted by Gasteiger charge is -2.39. The van der Waals surface area contributed by atoms with Crippen molar-refractivity contribution in [3.05, 3.63) is 46.2 Å². The van der Waals surface area contributed by atoms with E-state index in [-0.39, 0.29) is 17.6 Å². The summed E-state index contributed by atoms with van der Waals surface area (Å²) in [5.41, 5.74) is 7.66. The predicted molar refractivity (Wildman–Crippen MR) is 103 cm³/mol. The van der Waals surface area contributed by atoms with Crippen molar-refractivity contribution < 1.29 is 14.3 Å². The van der Waals surface area contributed by atoms with Gasteiger partial charge in [-0.15, -0.1) is 11.3 Å². The maximum Gasteiger partial charge on any atom is 0.258 e. The highest BCUT2D eigenvalue weighted by Crippen LogP contribution is 2.29. The fraction of sp³-hybridized carbons (Fsp3) is 0.400. The Hall–Kier alpha value is -2.18. The van der Waals surface area contributed by atoms with Gasteiger partial charge in [0.15, 0.2) is 0 Å². The first-order valence-corrected chi connectivity index (χ1v) is 9.55. The summed E-state index contributed by atoms with van der Waals surface area (Å²) in [4.78, 5) is 26.4. The van der Waals surface area contributed by atoms with E-state index in [2.05, 4.69) is 13.8 Å². The van der Waals surface area contributed by atoms with Crippen molar-refractivity contribution in [1.29, 1.82) is 0 Å². The highest BCUT2D eigenvalue weighted by molar-refractivity contribution is 7.12. The Morgan fingerprint density at radius 1 is 1.23 bits per heavy atom. The lowest BCUT2D eigenvalue weighted by Crippen LogP contribution is -2.46. The first-order valence-electron chi connectivity index (χ1n) is 8.67. The molecule has 1 aromatic heterocycles. The van der Waals surface area contributed by atoms with Crippen LogP contribution in [0.4, 0.5) is 0 Å². The van der Waals surface area contributed by atoms with Crippen molar-refractivity contribution >= 4 is 23.2 Å². The summed E-state index contributed by atoms with van der Waals surface area (Å²) in [6, 6.07) is 9.44. The van der Waals surface area contributed by atoms with Crippen LogP contribution >= 0.6 is 11.3 Å². The molecule has 1 aliphatic rings. The predicted octanol–water partition coefficient (Wildman–Crippen LogP) is 3.54. The topological polar surface area (TPSA) is 72.6 Å². The van der Waals surface area contributed by atoms with Crippen LogP contribution in [0.3, 0.4) is 0 Å². The van der Waals surface area contributed by atoms with Crippen LogP contribution < -0.4 is 5.73 Å². The van der Waals surface area contributed by atoms with Crippen LogP contribution in [0, 0.1) is 0 Å². The van der Waals surface area contributed by atoms with Gasteiger partial charge in [0.2, 0.25) is 0 Å². The quantitative estimate of drug-likeness (QED) is 0.892. The average Bonchev–Trinajstić information content (AvgIpc) is 3.10. The average molecular weight is 372 g/mol. The first-order chi connectivity index (χ1) is 12.3. The molecule has 26 heavy (non-hydrogen) atoms. The van der Waals surface area contributed by atoms with E-state index in [0.717, 1.165) is 24.0 Å². The summed E-state index contributed by atoms with van der Waals surface area (Å²) in [5, 5.41) is 1.90. The Balaban J connectivity index is 1.73. The first kappa shape index (κ1) is 18.6. The highest BCUT2D eigenvalue weighted by Gasteiger charge is 2.32. The van der Waals surface area contributed by atoms with Crippen molar-refractivity contribution in [3.8, 4) is 11.1 Å². The monoisotopic (exact) mass is 372 g/mol. The summed E-state index contributed by atoms with van der Waals surface area (Å²) in [5.74, 6) is -0.406. The number of nitrogens with two attached hydrogens (primary N) is 1. The molecule has 1 aliphatic heterocycles. The molecule has 2 amide bonds. The van der Waals surface area contributed by atoms with Gasteiger partial charge < -0.3 is 15.4 Å². The molecular formula is C20H24N2O3S. The van der Waals surface area contributed by atoms with Crippen LogP contribution in [0.5, 0.6) is 0 Å². The molecule has 6 heteroatoms. The summed E-state index contributed by atoms with van der Waals surface area (Å²) < 4.78 is 5.74. The Morgan fingerprint density at radius 3 is 2.50 bits per heavy atom. The van der Waals surface area contributed by atoms with Gasteiger partial charge in [0.05, 0.1) is 10.5 Å². The van der Waals surface area contributed by atoms with Crippen molar-refractivity contribution in [2.24, 2.45) is 5.73 Å². The third kappa shape index (κ3) is 3.97. The zero-order valence-corrected chi connectivity index (χ0v) is 16.1. The van der Waals surface area contributed by atoms with E-state index in [9.17, 15) is 9.59 Å². The van der Waals surface area contributed by atoms with Crippen molar-refractivity contribution in [1.82, 2.24) is 4.90 Å². The van der Waals surface area contributed by atoms with Crippen molar-refractivity contribution in [3.63, 3.8) is 0 Å². The minimum absolute atomic E-state index is 0.0161. The maximum atomic E-state index is 12.8. The lowest BCUT2D eigenvalue weighted by molar-refractivity contribution is -0.0756. The fourth-order valence-corrected chi connectivity index (χ4v) is 4.09. The lowest BCUT2D eigenvalue weighted by atomic mass is 9.92. The zero-order valence-electron chi connectivity index (χ0n) is 15.3. The number of benzene rings is 1. The molecule has 0 radical (unpaired) electrons. The Morgan fingerprint density at radius 2 is 1.92 bits per heavy atom. The number of rotatable bonds is 4. The standard InChI is InChI=1S/C20H24N2O3S/c1-20(2)11-16(8-9-25-20)22(3)19(24)14-6-4-13(5-7-14)15-10-17(18(21)23)26-12-15/h4-7,10,12,16H,8-9,11H2,1-3H3,(H2,21,23)/t16-/m0/s1. The number of nitrogens with zero attached hydrogens (tertiary/aromatic N) is 1. The van der Waals surface area contributed by atoms with Crippen molar-refractivity contribution in [2.75, 3.05) is 13.7 Å². The van der Waals surface area contributed by atoms with Gasteiger partial charge in [0.25, 0.3) is 11.8 Å². The molecule has 1 fully saturated rings. The van der Waals surface area contributed by atoms with Crippen LogP contribution in [0.2, 0.25) is 0 Å². The zero-order chi connectivity index (χ0) is 18.9. The van der Waals surface area contributed by atoms with Crippen LogP contribution in [0.25, 0.3) is 11.1 Å². The minimum atomic E-state index is -0.422. The summed E-state index contributed by atoms with van der Waals surface area (Å²) in [7, 11) is 1.86. The molecule has 3 rings (SSSR count). The summed E-state index contributed by atoms with van der Waals surface area (Å²) in [6.07, 6.45) is 1.69. The van der Waals surface area contributed by atoms with Crippen LogP contribution in [-0.2, 0) is 4.74 Å². The molecule has 1 saturated heterocycles. The molecule has 5 nitrogen and oxygen atoms in total. The van der Waals surface area contributed by atoms with E-state index in [0.29, 0.717) is 17.0 Å². The minimum Gasteiger partial charge on any atom is -0.375 e. The number of carbonyl (C=O) groups is 2. The van der Waals surface area contributed by atoms with Gasteiger partial charge in [-0.1, -0.05) is 12.1 Å². The van der Waals surface area contributed by atoms with Gasteiger partial charge in [0.1, 0.15) is 0 Å². The summed E-state index contributed by atoms with van der Waals surface area (Å²) >= 11 is 1.32. The molecule has 0 aliphatic carbocycles. The Kier molecular flexibility index (Phi) is 5.16. The molecule has 1 aromatic carbocycles. The molecule has 1 atom stereocenters. The van der Waals surface area contributed by atoms with Gasteiger partial charge in [-0.05, 0) is 61.4 Å². The third-order valence-corrected chi connectivity index (χ3v) is 5.79. The Bertz CT molecular complexity index is 811. The van der Waals surface area contributed by atoms with E-state index in [1.54, 1.807) is 6.07 Å². The molecule has 2 N–H and O–H groups in total. The van der Waals surface area contributed by atoms with Gasteiger partial charge in [-0.3, -0.25) is 9.59 Å². The molecule has 0 bridgehead atoms. The van der Waals surface area contributed by atoms with Gasteiger partial charge in [-0.2, -0.15) is 0 Å². The molecule has 2 heterocycles. The fourth-order valence-electron chi connectivity index (χ4n) is 3.32.